The van der Waals surface area contributed by atoms with E-state index in [2.05, 4.69) is 10.2 Å². The lowest BCUT2D eigenvalue weighted by Gasteiger charge is -2.12. The van der Waals surface area contributed by atoms with Gasteiger partial charge in [0.05, 0.1) is 17.0 Å². The van der Waals surface area contributed by atoms with Crippen molar-refractivity contribution in [2.45, 2.75) is 43.8 Å². The van der Waals surface area contributed by atoms with Crippen LogP contribution in [0.5, 0.6) is 0 Å². The third kappa shape index (κ3) is 4.11. The zero-order valence-corrected chi connectivity index (χ0v) is 17.7. The Bertz CT molecular complexity index is 1230. The number of benzene rings is 2. The molecule has 0 fully saturated rings. The summed E-state index contributed by atoms with van der Waals surface area (Å²) in [6, 6.07) is 14.1. The van der Waals surface area contributed by atoms with E-state index in [0.717, 1.165) is 5.52 Å². The first-order chi connectivity index (χ1) is 14.6. The van der Waals surface area contributed by atoms with Crippen LogP contribution in [0.3, 0.4) is 0 Å². The summed E-state index contributed by atoms with van der Waals surface area (Å²) in [4.78, 5) is 13.1. The van der Waals surface area contributed by atoms with Crippen molar-refractivity contribution in [2.75, 3.05) is 6.61 Å². The fraction of sp³-hybridized carbons (Fsp3) is 0.318. The van der Waals surface area contributed by atoms with Crippen LogP contribution in [0.1, 0.15) is 25.8 Å². The van der Waals surface area contributed by atoms with E-state index in [1.165, 1.54) is 17.8 Å². The molecule has 6 nitrogen and oxygen atoms in total. The van der Waals surface area contributed by atoms with Crippen molar-refractivity contribution in [3.8, 4) is 0 Å². The molecule has 0 amide bonds. The number of hydrogen-bond donors (Lipinski definition) is 0. The summed E-state index contributed by atoms with van der Waals surface area (Å²) in [6.07, 6.45) is 0.837. The number of aromatic nitrogens is 4. The molecule has 8 heteroatoms. The van der Waals surface area contributed by atoms with Gasteiger partial charge in [-0.05, 0) is 44.0 Å². The second-order valence-corrected chi connectivity index (χ2v) is 8.19. The Morgan fingerprint density at radius 3 is 2.67 bits per heavy atom. The molecule has 0 aliphatic heterocycles. The Hall–Kier alpha value is -2.71. The highest BCUT2D eigenvalue weighted by molar-refractivity contribution is 7.98. The molecule has 0 spiro atoms. The number of hydrogen-bond acceptors (Lipinski definition) is 5. The van der Waals surface area contributed by atoms with Gasteiger partial charge in [-0.15, -0.1) is 10.2 Å². The summed E-state index contributed by atoms with van der Waals surface area (Å²) >= 11 is 1.39. The molecule has 2 heterocycles. The van der Waals surface area contributed by atoms with Crippen LogP contribution in [0.15, 0.2) is 58.5 Å². The lowest BCUT2D eigenvalue weighted by Crippen LogP contribution is -2.24. The predicted octanol–water partition coefficient (Wildman–Crippen LogP) is 4.29. The van der Waals surface area contributed by atoms with Gasteiger partial charge in [0.1, 0.15) is 5.82 Å². The van der Waals surface area contributed by atoms with Crippen LogP contribution < -0.4 is 5.56 Å². The largest absolute Gasteiger partial charge is 0.379 e. The molecule has 156 valence electrons. The Labute approximate surface area is 177 Å². The normalized spacial score (nSPS) is 11.7. The number of ether oxygens (including phenoxy) is 1. The number of para-hydroxylation sites is 1. The van der Waals surface area contributed by atoms with E-state index in [-0.39, 0.29) is 17.5 Å². The number of rotatable bonds is 8. The van der Waals surface area contributed by atoms with E-state index in [1.54, 1.807) is 16.7 Å². The maximum absolute atomic E-state index is 14.0. The van der Waals surface area contributed by atoms with Gasteiger partial charge in [0, 0.05) is 18.9 Å². The summed E-state index contributed by atoms with van der Waals surface area (Å²) in [5.41, 5.74) is 1.25. The summed E-state index contributed by atoms with van der Waals surface area (Å²) in [6.45, 7) is 5.01. The van der Waals surface area contributed by atoms with E-state index in [1.807, 2.05) is 48.6 Å². The second-order valence-electron chi connectivity index (χ2n) is 7.25. The number of thioether (sulfide) groups is 1. The Morgan fingerprint density at radius 2 is 1.87 bits per heavy atom. The van der Waals surface area contributed by atoms with Gasteiger partial charge in [0.15, 0.2) is 5.16 Å². The SMILES string of the molecule is CC(C)OCCCn1c(=O)c2ccccc2n2c(SCc3ccccc3F)nnc12. The van der Waals surface area contributed by atoms with Crippen molar-refractivity contribution in [2.24, 2.45) is 0 Å². The average Bonchev–Trinajstić information content (AvgIpc) is 3.16. The molecule has 0 aliphatic rings. The van der Waals surface area contributed by atoms with Gasteiger partial charge in [0.2, 0.25) is 5.78 Å². The van der Waals surface area contributed by atoms with Crippen LogP contribution in [0, 0.1) is 5.82 Å². The average molecular weight is 427 g/mol. The first-order valence-electron chi connectivity index (χ1n) is 9.90. The van der Waals surface area contributed by atoms with E-state index >= 15 is 0 Å². The Balaban J connectivity index is 1.72. The number of aryl methyl sites for hydroxylation is 1. The van der Waals surface area contributed by atoms with Gasteiger partial charge in [0.25, 0.3) is 5.56 Å². The van der Waals surface area contributed by atoms with Gasteiger partial charge >= 0.3 is 0 Å². The van der Waals surface area contributed by atoms with Crippen LogP contribution in [0.2, 0.25) is 0 Å². The van der Waals surface area contributed by atoms with Crippen LogP contribution in [0.25, 0.3) is 16.7 Å². The zero-order chi connectivity index (χ0) is 21.1. The maximum atomic E-state index is 14.0. The smallest absolute Gasteiger partial charge is 0.262 e. The van der Waals surface area contributed by atoms with Crippen molar-refractivity contribution in [3.05, 3.63) is 70.3 Å². The van der Waals surface area contributed by atoms with E-state index in [0.29, 0.717) is 47.2 Å². The minimum Gasteiger partial charge on any atom is -0.379 e. The topological polar surface area (TPSA) is 61.4 Å². The Morgan fingerprint density at radius 1 is 1.10 bits per heavy atom. The molecule has 2 aromatic heterocycles. The molecule has 0 aliphatic carbocycles. The summed E-state index contributed by atoms with van der Waals surface area (Å²) in [5.74, 6) is 0.661. The van der Waals surface area contributed by atoms with Crippen molar-refractivity contribution >= 4 is 28.4 Å². The summed E-state index contributed by atoms with van der Waals surface area (Å²) in [7, 11) is 0. The molecule has 0 N–H and O–H groups in total. The van der Waals surface area contributed by atoms with Crippen LogP contribution in [-0.2, 0) is 17.0 Å². The maximum Gasteiger partial charge on any atom is 0.262 e. The monoisotopic (exact) mass is 426 g/mol. The zero-order valence-electron chi connectivity index (χ0n) is 16.9. The molecule has 0 unspecified atom stereocenters. The van der Waals surface area contributed by atoms with Crippen LogP contribution >= 0.6 is 11.8 Å². The molecule has 0 saturated heterocycles. The molecule has 0 atom stereocenters. The van der Waals surface area contributed by atoms with Crippen LogP contribution in [-0.4, -0.2) is 31.9 Å². The summed E-state index contributed by atoms with van der Waals surface area (Å²) < 4.78 is 23.2. The first-order valence-corrected chi connectivity index (χ1v) is 10.9. The summed E-state index contributed by atoms with van der Waals surface area (Å²) in [5, 5.41) is 9.83. The van der Waals surface area contributed by atoms with Crippen LogP contribution in [0.4, 0.5) is 4.39 Å². The first kappa shape index (κ1) is 20.6. The van der Waals surface area contributed by atoms with E-state index in [9.17, 15) is 9.18 Å². The number of nitrogens with zero attached hydrogens (tertiary/aromatic N) is 4. The molecule has 0 radical (unpaired) electrons. The second kappa shape index (κ2) is 8.97. The van der Waals surface area contributed by atoms with E-state index in [4.69, 9.17) is 4.74 Å². The fourth-order valence-corrected chi connectivity index (χ4v) is 4.25. The Kier molecular flexibility index (Phi) is 6.15. The predicted molar refractivity (Wildman–Crippen MR) is 116 cm³/mol. The lowest BCUT2D eigenvalue weighted by molar-refractivity contribution is 0.0748. The number of fused-ring (bicyclic) bond motifs is 3. The van der Waals surface area contributed by atoms with Gasteiger partial charge in [-0.1, -0.05) is 42.1 Å². The van der Waals surface area contributed by atoms with E-state index < -0.39 is 0 Å². The quantitative estimate of drug-likeness (QED) is 0.311. The molecular formula is C22H23FN4O2S. The molecule has 4 aromatic rings. The minimum atomic E-state index is -0.245. The molecule has 4 rings (SSSR count). The lowest BCUT2D eigenvalue weighted by atomic mass is 10.2. The van der Waals surface area contributed by atoms with Gasteiger partial charge in [-0.2, -0.15) is 0 Å². The van der Waals surface area contributed by atoms with Gasteiger partial charge < -0.3 is 4.74 Å². The van der Waals surface area contributed by atoms with Crippen molar-refractivity contribution in [3.63, 3.8) is 0 Å². The highest BCUT2D eigenvalue weighted by Gasteiger charge is 2.17. The standard InChI is InChI=1S/C22H23FN4O2S/c1-15(2)29-13-7-12-26-20(28)17-9-4-6-11-19(17)27-21(26)24-25-22(27)30-14-16-8-3-5-10-18(16)23/h3-6,8-11,15H,7,12-14H2,1-2H3. The van der Waals surface area contributed by atoms with Crippen molar-refractivity contribution in [1.29, 1.82) is 0 Å². The minimum absolute atomic E-state index is 0.0966. The molecule has 0 saturated carbocycles. The highest BCUT2D eigenvalue weighted by Crippen LogP contribution is 2.25. The van der Waals surface area contributed by atoms with Gasteiger partial charge in [-0.3, -0.25) is 13.8 Å². The fourth-order valence-electron chi connectivity index (χ4n) is 3.33. The molecule has 0 bridgehead atoms. The third-order valence-corrected chi connectivity index (χ3v) is 5.75. The molecule has 2 aromatic carbocycles. The van der Waals surface area contributed by atoms with Gasteiger partial charge in [-0.25, -0.2) is 4.39 Å². The van der Waals surface area contributed by atoms with Crippen molar-refractivity contribution < 1.29 is 9.13 Å². The highest BCUT2D eigenvalue weighted by atomic mass is 32.2. The number of halogens is 1. The third-order valence-electron chi connectivity index (χ3n) is 4.77. The molecular weight excluding hydrogens is 403 g/mol. The molecule has 30 heavy (non-hydrogen) atoms. The van der Waals surface area contributed by atoms with Crippen molar-refractivity contribution in [1.82, 2.24) is 19.2 Å².